The predicted molar refractivity (Wildman–Crippen MR) is 85.0 cm³/mol. The van der Waals surface area contributed by atoms with Crippen molar-refractivity contribution in [2.45, 2.75) is 32.7 Å². The van der Waals surface area contributed by atoms with Crippen LogP contribution in [0.15, 0.2) is 23.3 Å². The molecule has 0 aromatic heterocycles. The maximum Gasteiger partial charge on any atom is 0.354 e. The lowest BCUT2D eigenvalue weighted by Crippen LogP contribution is -2.47. The van der Waals surface area contributed by atoms with Crippen LogP contribution >= 0.6 is 0 Å². The van der Waals surface area contributed by atoms with Crippen molar-refractivity contribution in [2.75, 3.05) is 11.6 Å². The highest BCUT2D eigenvalue weighted by atomic mass is 16.6. The van der Waals surface area contributed by atoms with Crippen molar-refractivity contribution in [3.63, 3.8) is 0 Å². The molecule has 128 valence electrons. The third-order valence-corrected chi connectivity index (χ3v) is 3.80. The second kappa shape index (κ2) is 6.26. The molecule has 1 unspecified atom stereocenters. The summed E-state index contributed by atoms with van der Waals surface area (Å²) in [6.45, 7) is 4.85. The molecule has 1 aromatic carbocycles. The number of anilines is 1. The fourth-order valence-electron chi connectivity index (χ4n) is 2.42. The lowest BCUT2D eigenvalue weighted by atomic mass is 9.94. The van der Waals surface area contributed by atoms with Gasteiger partial charge in [0.1, 0.15) is 5.71 Å². The van der Waals surface area contributed by atoms with Gasteiger partial charge in [-0.15, -0.1) is 0 Å². The molecule has 0 fully saturated rings. The Balaban J connectivity index is 2.55. The van der Waals surface area contributed by atoms with E-state index in [-0.39, 0.29) is 30.1 Å². The van der Waals surface area contributed by atoms with Gasteiger partial charge >= 0.3 is 11.9 Å². The van der Waals surface area contributed by atoms with Crippen LogP contribution in [0.4, 0.5) is 11.4 Å². The molecule has 24 heavy (non-hydrogen) atoms. The molecular formula is C15H17N3O6. The molecule has 2 rings (SSSR count). The Bertz CT molecular complexity index is 745. The van der Waals surface area contributed by atoms with E-state index in [9.17, 15) is 24.8 Å². The van der Waals surface area contributed by atoms with E-state index in [1.807, 2.05) is 0 Å². The molecule has 0 saturated carbocycles. The number of aliphatic carboxylic acids is 1. The Morgan fingerprint density at radius 1 is 1.50 bits per heavy atom. The van der Waals surface area contributed by atoms with E-state index in [1.165, 1.54) is 25.1 Å². The summed E-state index contributed by atoms with van der Waals surface area (Å²) in [5, 5.41) is 25.8. The molecule has 0 saturated heterocycles. The number of carboxylic acids is 1. The smallest absolute Gasteiger partial charge is 0.354 e. The van der Waals surface area contributed by atoms with Gasteiger partial charge in [-0.2, -0.15) is 5.10 Å². The van der Waals surface area contributed by atoms with Crippen molar-refractivity contribution in [3.8, 4) is 0 Å². The SMILES string of the molecule is CCOC(=O)C1=NN(c2cc([N+](=O)[O-])ccc2C)C(C)(C(=O)O)C1. The summed E-state index contributed by atoms with van der Waals surface area (Å²) in [6, 6.07) is 4.07. The molecule has 0 aliphatic carbocycles. The number of carboxylic acid groups (broad SMARTS) is 1. The lowest BCUT2D eigenvalue weighted by molar-refractivity contribution is -0.384. The topological polar surface area (TPSA) is 122 Å². The molecule has 1 atom stereocenters. The summed E-state index contributed by atoms with van der Waals surface area (Å²) in [7, 11) is 0. The first-order valence-corrected chi connectivity index (χ1v) is 7.24. The highest BCUT2D eigenvalue weighted by Gasteiger charge is 2.48. The summed E-state index contributed by atoms with van der Waals surface area (Å²) in [4.78, 5) is 34.1. The standard InChI is InChI=1S/C15H17N3O6/c1-4-24-13(19)11-8-15(3,14(20)21)17(16-11)12-7-10(18(22)23)6-5-9(12)2/h5-7H,4,8H2,1-3H3,(H,20,21). The first-order chi connectivity index (χ1) is 11.2. The number of rotatable bonds is 5. The van der Waals surface area contributed by atoms with Crippen LogP contribution in [0.2, 0.25) is 0 Å². The van der Waals surface area contributed by atoms with E-state index in [0.717, 1.165) is 5.01 Å². The second-order valence-electron chi connectivity index (χ2n) is 5.56. The fourth-order valence-corrected chi connectivity index (χ4v) is 2.42. The van der Waals surface area contributed by atoms with Crippen molar-refractivity contribution in [3.05, 3.63) is 33.9 Å². The van der Waals surface area contributed by atoms with Crippen LogP contribution < -0.4 is 5.01 Å². The fraction of sp³-hybridized carbons (Fsp3) is 0.400. The number of benzene rings is 1. The van der Waals surface area contributed by atoms with Crippen LogP contribution in [-0.4, -0.2) is 39.8 Å². The maximum atomic E-state index is 11.9. The van der Waals surface area contributed by atoms with Crippen LogP contribution in [0, 0.1) is 17.0 Å². The minimum Gasteiger partial charge on any atom is -0.479 e. The summed E-state index contributed by atoms with van der Waals surface area (Å²) >= 11 is 0. The first kappa shape index (κ1) is 17.4. The maximum absolute atomic E-state index is 11.9. The molecule has 1 heterocycles. The van der Waals surface area contributed by atoms with Gasteiger partial charge in [0.05, 0.1) is 17.2 Å². The van der Waals surface area contributed by atoms with Crippen LogP contribution in [0.1, 0.15) is 25.8 Å². The number of esters is 1. The number of ether oxygens (including phenoxy) is 1. The molecule has 0 spiro atoms. The van der Waals surface area contributed by atoms with Gasteiger partial charge < -0.3 is 9.84 Å². The Morgan fingerprint density at radius 2 is 2.17 bits per heavy atom. The minimum absolute atomic E-state index is 0.0346. The number of nitrogens with zero attached hydrogens (tertiary/aromatic N) is 3. The molecule has 0 amide bonds. The van der Waals surface area contributed by atoms with Gasteiger partial charge in [-0.25, -0.2) is 14.6 Å². The van der Waals surface area contributed by atoms with Crippen molar-refractivity contribution in [1.82, 2.24) is 0 Å². The highest BCUT2D eigenvalue weighted by molar-refractivity contribution is 6.38. The molecule has 1 N–H and O–H groups in total. The van der Waals surface area contributed by atoms with Gasteiger partial charge in [-0.05, 0) is 26.3 Å². The first-order valence-electron chi connectivity index (χ1n) is 7.24. The number of hydrogen-bond acceptors (Lipinski definition) is 7. The highest BCUT2D eigenvalue weighted by Crippen LogP contribution is 2.37. The largest absolute Gasteiger partial charge is 0.479 e. The van der Waals surface area contributed by atoms with Crippen molar-refractivity contribution in [1.29, 1.82) is 0 Å². The van der Waals surface area contributed by atoms with Gasteiger partial charge in [0.25, 0.3) is 5.69 Å². The number of carbonyl (C=O) groups excluding carboxylic acids is 1. The molecular weight excluding hydrogens is 318 g/mol. The average Bonchev–Trinajstić information content (AvgIpc) is 2.87. The number of non-ortho nitro benzene ring substituents is 1. The molecule has 0 radical (unpaired) electrons. The second-order valence-corrected chi connectivity index (χ2v) is 5.56. The van der Waals surface area contributed by atoms with Gasteiger partial charge in [0.2, 0.25) is 0 Å². The zero-order valence-electron chi connectivity index (χ0n) is 13.5. The zero-order chi connectivity index (χ0) is 18.1. The molecule has 1 aromatic rings. The predicted octanol–water partition coefficient (Wildman–Crippen LogP) is 1.88. The zero-order valence-corrected chi connectivity index (χ0v) is 13.5. The third kappa shape index (κ3) is 2.92. The summed E-state index contributed by atoms with van der Waals surface area (Å²) < 4.78 is 4.88. The Hall–Kier alpha value is -2.97. The van der Waals surface area contributed by atoms with Crippen LogP contribution in [-0.2, 0) is 14.3 Å². The normalized spacial score (nSPS) is 19.8. The van der Waals surface area contributed by atoms with E-state index in [4.69, 9.17) is 4.74 Å². The van der Waals surface area contributed by atoms with Crippen molar-refractivity contribution in [2.24, 2.45) is 5.10 Å². The van der Waals surface area contributed by atoms with Gasteiger partial charge in [-0.1, -0.05) is 6.07 Å². The molecule has 0 bridgehead atoms. The third-order valence-electron chi connectivity index (χ3n) is 3.80. The van der Waals surface area contributed by atoms with Crippen molar-refractivity contribution < 1.29 is 24.4 Å². The number of hydrogen-bond donors (Lipinski definition) is 1. The van der Waals surface area contributed by atoms with E-state index in [0.29, 0.717) is 5.56 Å². The number of carbonyl (C=O) groups is 2. The quantitative estimate of drug-likeness (QED) is 0.495. The van der Waals surface area contributed by atoms with E-state index in [2.05, 4.69) is 5.10 Å². The van der Waals surface area contributed by atoms with Crippen LogP contribution in [0.3, 0.4) is 0 Å². The lowest BCUT2D eigenvalue weighted by Gasteiger charge is -2.30. The Morgan fingerprint density at radius 3 is 2.71 bits per heavy atom. The monoisotopic (exact) mass is 335 g/mol. The Kier molecular flexibility index (Phi) is 4.54. The molecule has 9 heteroatoms. The van der Waals surface area contributed by atoms with E-state index >= 15 is 0 Å². The Labute approximate surface area is 137 Å². The van der Waals surface area contributed by atoms with Crippen LogP contribution in [0.5, 0.6) is 0 Å². The van der Waals surface area contributed by atoms with Crippen LogP contribution in [0.25, 0.3) is 0 Å². The summed E-state index contributed by atoms with van der Waals surface area (Å²) in [5.41, 5.74) is -0.909. The minimum atomic E-state index is -1.54. The van der Waals surface area contributed by atoms with Gasteiger partial charge in [0, 0.05) is 18.6 Å². The molecule has 9 nitrogen and oxygen atoms in total. The summed E-state index contributed by atoms with van der Waals surface area (Å²) in [5.74, 6) is -1.90. The number of hydrazone groups is 1. The van der Waals surface area contributed by atoms with E-state index in [1.54, 1.807) is 13.8 Å². The number of nitro groups is 1. The van der Waals surface area contributed by atoms with Gasteiger partial charge in [-0.3, -0.25) is 10.1 Å². The van der Waals surface area contributed by atoms with E-state index < -0.39 is 22.4 Å². The van der Waals surface area contributed by atoms with Gasteiger partial charge in [0.15, 0.2) is 5.54 Å². The number of nitro benzene ring substituents is 1. The summed E-state index contributed by atoms with van der Waals surface area (Å²) in [6.07, 6.45) is -0.163. The van der Waals surface area contributed by atoms with Crippen molar-refractivity contribution >= 4 is 29.0 Å². The molecule has 1 aliphatic heterocycles. The average molecular weight is 335 g/mol. The molecule has 1 aliphatic rings. The number of aryl methyl sites for hydroxylation is 1.